The Balaban J connectivity index is 1.61. The number of carbonyl (C=O) groups is 2. The van der Waals surface area contributed by atoms with Crippen molar-refractivity contribution in [2.75, 3.05) is 33.9 Å². The van der Waals surface area contributed by atoms with Crippen molar-refractivity contribution in [2.45, 2.75) is 32.4 Å². The van der Waals surface area contributed by atoms with Crippen molar-refractivity contribution in [3.63, 3.8) is 0 Å². The van der Waals surface area contributed by atoms with Gasteiger partial charge in [0.25, 0.3) is 0 Å². The molecule has 2 heterocycles. The molecule has 1 aliphatic rings. The predicted molar refractivity (Wildman–Crippen MR) is 117 cm³/mol. The van der Waals surface area contributed by atoms with Crippen molar-refractivity contribution >= 4 is 11.8 Å². The van der Waals surface area contributed by atoms with Crippen LogP contribution >= 0.6 is 0 Å². The molecule has 3 rings (SSSR count). The molecule has 0 spiro atoms. The first-order valence-electron chi connectivity index (χ1n) is 10.4. The number of hydrogen-bond acceptors (Lipinski definition) is 6. The lowest BCUT2D eigenvalue weighted by Gasteiger charge is -2.35. The van der Waals surface area contributed by atoms with E-state index in [2.05, 4.69) is 15.6 Å². The lowest BCUT2D eigenvalue weighted by Crippen LogP contribution is -2.56. The van der Waals surface area contributed by atoms with Gasteiger partial charge >= 0.3 is 0 Å². The van der Waals surface area contributed by atoms with Crippen LogP contribution in [0.3, 0.4) is 0 Å². The molecule has 0 saturated carbocycles. The summed E-state index contributed by atoms with van der Waals surface area (Å²) in [5, 5.41) is 5.78. The number of aryl methyl sites for hydroxylation is 1. The van der Waals surface area contributed by atoms with Crippen LogP contribution < -0.4 is 20.1 Å². The molecule has 1 atom stereocenters. The number of hydrogen-bond donors (Lipinski definition) is 2. The highest BCUT2D eigenvalue weighted by Gasteiger charge is 2.32. The van der Waals surface area contributed by atoms with Gasteiger partial charge < -0.3 is 20.1 Å². The normalized spacial score (nSPS) is 16.5. The van der Waals surface area contributed by atoms with Crippen LogP contribution in [0.2, 0.25) is 0 Å². The number of aromatic nitrogens is 1. The Morgan fingerprint density at radius 1 is 1.23 bits per heavy atom. The number of nitrogens with one attached hydrogen (secondary N) is 2. The maximum absolute atomic E-state index is 12.6. The van der Waals surface area contributed by atoms with E-state index >= 15 is 0 Å². The minimum atomic E-state index is -0.540. The van der Waals surface area contributed by atoms with Crippen LogP contribution in [-0.4, -0.2) is 61.6 Å². The van der Waals surface area contributed by atoms with E-state index in [1.54, 1.807) is 14.2 Å². The third kappa shape index (κ3) is 5.95. The maximum Gasteiger partial charge on any atom is 0.237 e. The number of carbonyl (C=O) groups excluding carboxylic acids is 2. The molecule has 1 saturated heterocycles. The molecule has 0 unspecified atom stereocenters. The Morgan fingerprint density at radius 2 is 2.03 bits per heavy atom. The molecule has 0 aliphatic carbocycles. The Kier molecular flexibility index (Phi) is 7.83. The Bertz CT molecular complexity index is 918. The summed E-state index contributed by atoms with van der Waals surface area (Å²) in [5.74, 6) is 0.992. The first-order chi connectivity index (χ1) is 15.0. The number of methoxy groups -OCH3 is 2. The zero-order valence-electron chi connectivity index (χ0n) is 18.3. The molecule has 0 bridgehead atoms. The van der Waals surface area contributed by atoms with E-state index in [1.807, 2.05) is 48.2 Å². The van der Waals surface area contributed by atoms with E-state index in [0.717, 1.165) is 17.0 Å². The van der Waals surface area contributed by atoms with Gasteiger partial charge in [-0.2, -0.15) is 0 Å². The summed E-state index contributed by atoms with van der Waals surface area (Å²) in [4.78, 5) is 31.5. The second kappa shape index (κ2) is 10.8. The van der Waals surface area contributed by atoms with Crippen molar-refractivity contribution in [3.05, 3.63) is 53.3 Å². The summed E-state index contributed by atoms with van der Waals surface area (Å²) in [7, 11) is 3.19. The van der Waals surface area contributed by atoms with Gasteiger partial charge in [-0.1, -0.05) is 18.2 Å². The van der Waals surface area contributed by atoms with E-state index in [4.69, 9.17) is 9.47 Å². The lowest BCUT2D eigenvalue weighted by molar-refractivity contribution is -0.134. The molecule has 2 N–H and O–H groups in total. The van der Waals surface area contributed by atoms with Crippen LogP contribution in [-0.2, 0) is 22.6 Å². The number of nitrogens with zero attached hydrogens (tertiary/aromatic N) is 2. The van der Waals surface area contributed by atoms with Crippen LogP contribution in [0.25, 0.3) is 0 Å². The Morgan fingerprint density at radius 3 is 2.77 bits per heavy atom. The van der Waals surface area contributed by atoms with Crippen molar-refractivity contribution in [3.8, 4) is 11.5 Å². The fraction of sp³-hybridized carbons (Fsp3) is 0.435. The summed E-state index contributed by atoms with van der Waals surface area (Å²) in [6.07, 6.45) is 0.744. The molecular formula is C23H30N4O4. The number of ether oxygens (including phenoxy) is 2. The van der Waals surface area contributed by atoms with E-state index in [1.165, 1.54) is 0 Å². The van der Waals surface area contributed by atoms with Crippen LogP contribution in [0.5, 0.6) is 11.5 Å². The molecule has 2 amide bonds. The number of rotatable bonds is 9. The fourth-order valence-electron chi connectivity index (χ4n) is 3.79. The maximum atomic E-state index is 12.6. The highest BCUT2D eigenvalue weighted by Crippen LogP contribution is 2.32. The van der Waals surface area contributed by atoms with E-state index in [0.29, 0.717) is 44.1 Å². The zero-order valence-corrected chi connectivity index (χ0v) is 18.3. The molecule has 166 valence electrons. The van der Waals surface area contributed by atoms with Crippen molar-refractivity contribution in [2.24, 2.45) is 0 Å². The van der Waals surface area contributed by atoms with Crippen LogP contribution in [0.15, 0.2) is 36.4 Å². The quantitative estimate of drug-likeness (QED) is 0.631. The van der Waals surface area contributed by atoms with Gasteiger partial charge in [-0.25, -0.2) is 0 Å². The van der Waals surface area contributed by atoms with E-state index in [9.17, 15) is 9.59 Å². The summed E-state index contributed by atoms with van der Waals surface area (Å²) < 4.78 is 10.9. The molecule has 2 aromatic rings. The molecular weight excluding hydrogens is 396 g/mol. The molecule has 8 nitrogen and oxygen atoms in total. The Labute approximate surface area is 182 Å². The average molecular weight is 427 g/mol. The molecule has 1 aromatic carbocycles. The summed E-state index contributed by atoms with van der Waals surface area (Å²) >= 11 is 0. The van der Waals surface area contributed by atoms with Gasteiger partial charge in [0.05, 0.1) is 26.7 Å². The highest BCUT2D eigenvalue weighted by atomic mass is 16.5. The largest absolute Gasteiger partial charge is 0.493 e. The molecule has 1 fully saturated rings. The molecule has 1 aliphatic heterocycles. The van der Waals surface area contributed by atoms with Crippen LogP contribution in [0.4, 0.5) is 0 Å². The van der Waals surface area contributed by atoms with Gasteiger partial charge in [0.2, 0.25) is 11.8 Å². The first kappa shape index (κ1) is 22.6. The van der Waals surface area contributed by atoms with E-state index < -0.39 is 6.04 Å². The Hall–Kier alpha value is -3.13. The predicted octanol–water partition coefficient (Wildman–Crippen LogP) is 1.46. The fourth-order valence-corrected chi connectivity index (χ4v) is 3.79. The summed E-state index contributed by atoms with van der Waals surface area (Å²) in [6, 6.07) is 11.0. The van der Waals surface area contributed by atoms with Gasteiger partial charge in [0.15, 0.2) is 11.5 Å². The number of pyridine rings is 1. The summed E-state index contributed by atoms with van der Waals surface area (Å²) in [6.45, 7) is 4.10. The van der Waals surface area contributed by atoms with Gasteiger partial charge in [-0.05, 0) is 25.1 Å². The zero-order chi connectivity index (χ0) is 22.2. The number of benzene rings is 1. The first-order valence-corrected chi connectivity index (χ1v) is 10.4. The average Bonchev–Trinajstić information content (AvgIpc) is 2.76. The topological polar surface area (TPSA) is 92.8 Å². The van der Waals surface area contributed by atoms with E-state index in [-0.39, 0.29) is 18.2 Å². The van der Waals surface area contributed by atoms with Crippen molar-refractivity contribution < 1.29 is 19.1 Å². The van der Waals surface area contributed by atoms with Crippen LogP contribution in [0, 0.1) is 6.92 Å². The number of piperazine rings is 1. The lowest BCUT2D eigenvalue weighted by atomic mass is 10.1. The molecule has 1 aromatic heterocycles. The van der Waals surface area contributed by atoms with Gasteiger partial charge in [0.1, 0.15) is 0 Å². The molecule has 31 heavy (non-hydrogen) atoms. The molecule has 0 radical (unpaired) electrons. The monoisotopic (exact) mass is 426 g/mol. The SMILES string of the molecule is COc1cccc(CN2CCNC(=O)[C@H]2CC(=O)NCCc2cccc(C)n2)c1OC. The van der Waals surface area contributed by atoms with Gasteiger partial charge in [-0.3, -0.25) is 19.5 Å². The smallest absolute Gasteiger partial charge is 0.237 e. The second-order valence-electron chi connectivity index (χ2n) is 7.50. The number of para-hydroxylation sites is 1. The van der Waals surface area contributed by atoms with Crippen molar-refractivity contribution in [1.29, 1.82) is 0 Å². The van der Waals surface area contributed by atoms with Gasteiger partial charge in [0, 0.05) is 49.6 Å². The van der Waals surface area contributed by atoms with Crippen LogP contribution in [0.1, 0.15) is 23.4 Å². The third-order valence-electron chi connectivity index (χ3n) is 5.33. The van der Waals surface area contributed by atoms with Crippen molar-refractivity contribution in [1.82, 2.24) is 20.5 Å². The third-order valence-corrected chi connectivity index (χ3v) is 5.33. The highest BCUT2D eigenvalue weighted by molar-refractivity contribution is 5.88. The minimum Gasteiger partial charge on any atom is -0.493 e. The van der Waals surface area contributed by atoms with Gasteiger partial charge in [-0.15, -0.1) is 0 Å². The second-order valence-corrected chi connectivity index (χ2v) is 7.50. The molecule has 8 heteroatoms. The minimum absolute atomic E-state index is 0.0966. The summed E-state index contributed by atoms with van der Waals surface area (Å²) in [5.41, 5.74) is 2.79. The standard InChI is InChI=1S/C23H30N4O4/c1-16-6-4-8-18(26-16)10-11-24-21(28)14-19-23(29)25-12-13-27(19)15-17-7-5-9-20(30-2)22(17)31-3/h4-9,19H,10-15H2,1-3H3,(H,24,28)(H,25,29)/t19-/m1/s1. The number of amides is 2.